The number of rotatable bonds is 6. The van der Waals surface area contributed by atoms with E-state index in [0.29, 0.717) is 22.2 Å². The van der Waals surface area contributed by atoms with Gasteiger partial charge in [-0.2, -0.15) is 0 Å². The Balaban J connectivity index is 1.87. The molecule has 2 rings (SSSR count). The van der Waals surface area contributed by atoms with E-state index in [1.165, 1.54) is 0 Å². The summed E-state index contributed by atoms with van der Waals surface area (Å²) < 4.78 is 0. The zero-order valence-electron chi connectivity index (χ0n) is 10.9. The van der Waals surface area contributed by atoms with E-state index in [9.17, 15) is 9.90 Å². The first-order valence-electron chi connectivity index (χ1n) is 6.46. The van der Waals surface area contributed by atoms with Gasteiger partial charge in [0.25, 0.3) is 0 Å². The number of aliphatic hydroxyl groups excluding tert-OH is 2. The number of amides is 1. The lowest BCUT2D eigenvalue weighted by atomic mass is 10.1. The molecule has 0 heterocycles. The van der Waals surface area contributed by atoms with Crippen LogP contribution in [0.5, 0.6) is 0 Å². The number of benzene rings is 1. The molecular weight excluding hydrogens is 301 g/mol. The number of hydrogen-bond donors (Lipinski definition) is 3. The third-order valence-electron chi connectivity index (χ3n) is 3.60. The van der Waals surface area contributed by atoms with Gasteiger partial charge in [-0.15, -0.1) is 0 Å². The molecule has 1 unspecified atom stereocenters. The second-order valence-corrected chi connectivity index (χ2v) is 6.23. The van der Waals surface area contributed by atoms with Gasteiger partial charge in [-0.25, -0.2) is 0 Å². The maximum absolute atomic E-state index is 11.8. The SMILES string of the molecule is O=C(CC(O)c1cc(Cl)cc(Cl)c1)NCC1(CO)CC1. The summed E-state index contributed by atoms with van der Waals surface area (Å²) in [5.41, 5.74) is 0.376. The van der Waals surface area contributed by atoms with Crippen LogP contribution in [0.3, 0.4) is 0 Å². The van der Waals surface area contributed by atoms with E-state index in [-0.39, 0.29) is 24.3 Å². The first-order chi connectivity index (χ1) is 9.44. The van der Waals surface area contributed by atoms with E-state index < -0.39 is 6.10 Å². The molecule has 0 saturated heterocycles. The molecule has 6 heteroatoms. The molecule has 4 nitrogen and oxygen atoms in total. The van der Waals surface area contributed by atoms with Gasteiger partial charge in [-0.3, -0.25) is 4.79 Å². The van der Waals surface area contributed by atoms with Gasteiger partial charge in [-0.05, 0) is 36.6 Å². The van der Waals surface area contributed by atoms with Crippen molar-refractivity contribution < 1.29 is 15.0 Å². The monoisotopic (exact) mass is 317 g/mol. The molecule has 20 heavy (non-hydrogen) atoms. The predicted molar refractivity (Wildman–Crippen MR) is 77.8 cm³/mol. The number of hydrogen-bond acceptors (Lipinski definition) is 3. The van der Waals surface area contributed by atoms with Crippen LogP contribution in [0.2, 0.25) is 10.0 Å². The third-order valence-corrected chi connectivity index (χ3v) is 4.04. The summed E-state index contributed by atoms with van der Waals surface area (Å²) >= 11 is 11.7. The summed E-state index contributed by atoms with van der Waals surface area (Å²) in [4.78, 5) is 11.8. The normalized spacial score (nSPS) is 17.6. The van der Waals surface area contributed by atoms with E-state index in [0.717, 1.165) is 12.8 Å². The number of aliphatic hydroxyl groups is 2. The zero-order valence-corrected chi connectivity index (χ0v) is 12.4. The van der Waals surface area contributed by atoms with E-state index >= 15 is 0 Å². The van der Waals surface area contributed by atoms with E-state index in [2.05, 4.69) is 5.32 Å². The topological polar surface area (TPSA) is 69.6 Å². The van der Waals surface area contributed by atoms with Crippen molar-refractivity contribution in [2.75, 3.05) is 13.2 Å². The highest BCUT2D eigenvalue weighted by atomic mass is 35.5. The molecule has 1 aliphatic rings. The lowest BCUT2D eigenvalue weighted by molar-refractivity contribution is -0.123. The molecular formula is C14H17Cl2NO3. The highest BCUT2D eigenvalue weighted by molar-refractivity contribution is 6.34. The predicted octanol–water partition coefficient (Wildman–Crippen LogP) is 2.31. The van der Waals surface area contributed by atoms with Crippen LogP contribution in [0.25, 0.3) is 0 Å². The lowest BCUT2D eigenvalue weighted by Gasteiger charge is -2.15. The van der Waals surface area contributed by atoms with Crippen molar-refractivity contribution in [2.24, 2.45) is 5.41 Å². The van der Waals surface area contributed by atoms with Crippen LogP contribution in [-0.4, -0.2) is 29.3 Å². The van der Waals surface area contributed by atoms with Crippen LogP contribution in [-0.2, 0) is 4.79 Å². The van der Waals surface area contributed by atoms with Crippen LogP contribution < -0.4 is 5.32 Å². The van der Waals surface area contributed by atoms with Gasteiger partial charge in [-0.1, -0.05) is 23.2 Å². The molecule has 1 fully saturated rings. The van der Waals surface area contributed by atoms with Gasteiger partial charge in [0.15, 0.2) is 0 Å². The Hall–Kier alpha value is -0.810. The first-order valence-corrected chi connectivity index (χ1v) is 7.21. The number of nitrogens with one attached hydrogen (secondary N) is 1. The minimum atomic E-state index is -0.949. The fourth-order valence-electron chi connectivity index (χ4n) is 1.99. The van der Waals surface area contributed by atoms with Gasteiger partial charge >= 0.3 is 0 Å². The molecule has 0 radical (unpaired) electrons. The zero-order chi connectivity index (χ0) is 14.8. The summed E-state index contributed by atoms with van der Waals surface area (Å²) in [6.07, 6.45) is 0.848. The van der Waals surface area contributed by atoms with Crippen molar-refractivity contribution in [3.8, 4) is 0 Å². The summed E-state index contributed by atoms with van der Waals surface area (Å²) in [6, 6.07) is 4.74. The lowest BCUT2D eigenvalue weighted by Crippen LogP contribution is -2.32. The molecule has 1 atom stereocenters. The Morgan fingerprint density at radius 3 is 2.40 bits per heavy atom. The average molecular weight is 318 g/mol. The molecule has 3 N–H and O–H groups in total. The average Bonchev–Trinajstić information content (AvgIpc) is 3.16. The Bertz CT molecular complexity index is 483. The Kier molecular flexibility index (Phi) is 4.91. The minimum absolute atomic E-state index is 0.0574. The maximum Gasteiger partial charge on any atom is 0.222 e. The van der Waals surface area contributed by atoms with E-state index in [1.54, 1.807) is 18.2 Å². The molecule has 1 aliphatic carbocycles. The van der Waals surface area contributed by atoms with Gasteiger partial charge in [0.1, 0.15) is 0 Å². The smallest absolute Gasteiger partial charge is 0.222 e. The van der Waals surface area contributed by atoms with Crippen molar-refractivity contribution in [3.63, 3.8) is 0 Å². The summed E-state index contributed by atoms with van der Waals surface area (Å²) in [6.45, 7) is 0.533. The fraction of sp³-hybridized carbons (Fsp3) is 0.500. The van der Waals surface area contributed by atoms with E-state index in [4.69, 9.17) is 28.3 Å². The molecule has 0 spiro atoms. The Labute approximate surface area is 127 Å². The van der Waals surface area contributed by atoms with Crippen molar-refractivity contribution in [1.29, 1.82) is 0 Å². The summed E-state index contributed by atoms with van der Waals surface area (Å²) in [5.74, 6) is -0.256. The molecule has 110 valence electrons. The van der Waals surface area contributed by atoms with Crippen molar-refractivity contribution in [3.05, 3.63) is 33.8 Å². The van der Waals surface area contributed by atoms with Crippen molar-refractivity contribution >= 4 is 29.1 Å². The van der Waals surface area contributed by atoms with Crippen LogP contribution in [0.1, 0.15) is 30.9 Å². The quantitative estimate of drug-likeness (QED) is 0.754. The van der Waals surface area contributed by atoms with Gasteiger partial charge in [0, 0.05) is 22.0 Å². The largest absolute Gasteiger partial charge is 0.396 e. The van der Waals surface area contributed by atoms with Crippen LogP contribution in [0.4, 0.5) is 0 Å². The number of carbonyl (C=O) groups is 1. The van der Waals surface area contributed by atoms with Gasteiger partial charge in [0.2, 0.25) is 5.91 Å². The molecule has 1 amide bonds. The number of halogens is 2. The summed E-state index contributed by atoms with van der Waals surface area (Å²) in [5, 5.41) is 22.8. The number of carbonyl (C=O) groups excluding carboxylic acids is 1. The van der Waals surface area contributed by atoms with Crippen LogP contribution >= 0.6 is 23.2 Å². The molecule has 1 saturated carbocycles. The third kappa shape index (κ3) is 4.09. The standard InChI is InChI=1S/C14H17Cl2NO3/c15-10-3-9(4-11(16)5-10)12(19)6-13(20)17-7-14(8-18)1-2-14/h3-5,12,18-19H,1-2,6-8H2,(H,17,20). The van der Waals surface area contributed by atoms with E-state index in [1.807, 2.05) is 0 Å². The van der Waals surface area contributed by atoms with Crippen molar-refractivity contribution in [1.82, 2.24) is 5.32 Å². The maximum atomic E-state index is 11.8. The molecule has 0 aromatic heterocycles. The van der Waals surface area contributed by atoms with Gasteiger partial charge < -0.3 is 15.5 Å². The minimum Gasteiger partial charge on any atom is -0.396 e. The Morgan fingerprint density at radius 2 is 1.90 bits per heavy atom. The molecule has 0 aliphatic heterocycles. The van der Waals surface area contributed by atoms with Gasteiger partial charge in [0.05, 0.1) is 19.1 Å². The molecule has 1 aromatic rings. The molecule has 0 bridgehead atoms. The summed E-state index contributed by atoms with van der Waals surface area (Å²) in [7, 11) is 0. The second-order valence-electron chi connectivity index (χ2n) is 5.36. The molecule has 1 aromatic carbocycles. The highest BCUT2D eigenvalue weighted by Crippen LogP contribution is 2.44. The fourth-order valence-corrected chi connectivity index (χ4v) is 2.53. The second kappa shape index (κ2) is 6.31. The Morgan fingerprint density at radius 1 is 1.30 bits per heavy atom. The van der Waals surface area contributed by atoms with Crippen molar-refractivity contribution in [2.45, 2.75) is 25.4 Å². The van der Waals surface area contributed by atoms with Crippen LogP contribution in [0, 0.1) is 5.41 Å². The first kappa shape index (κ1) is 15.6. The van der Waals surface area contributed by atoms with Crippen LogP contribution in [0.15, 0.2) is 18.2 Å². The highest BCUT2D eigenvalue weighted by Gasteiger charge is 2.42.